The van der Waals surface area contributed by atoms with Crippen LogP contribution in [0.5, 0.6) is 0 Å². The molecule has 0 amide bonds. The first kappa shape index (κ1) is 9.00. The van der Waals surface area contributed by atoms with E-state index in [1.54, 1.807) is 25.3 Å². The normalized spacial score (nSPS) is 26.0. The van der Waals surface area contributed by atoms with E-state index in [9.17, 15) is 4.39 Å². The third-order valence-electron chi connectivity index (χ3n) is 1.69. The number of hydrogen-bond acceptors (Lipinski definition) is 2. The van der Waals surface area contributed by atoms with E-state index in [-0.39, 0.29) is 6.10 Å². The van der Waals surface area contributed by atoms with Crippen molar-refractivity contribution < 1.29 is 9.13 Å². The van der Waals surface area contributed by atoms with E-state index in [0.717, 1.165) is 5.57 Å². The van der Waals surface area contributed by atoms with Crippen LogP contribution in [0.2, 0.25) is 0 Å². The average Bonchev–Trinajstić information content (AvgIpc) is 2.05. The Labute approximate surface area is 71.2 Å². The van der Waals surface area contributed by atoms with Gasteiger partial charge in [-0.25, -0.2) is 4.39 Å². The summed E-state index contributed by atoms with van der Waals surface area (Å²) in [7, 11) is 1.58. The summed E-state index contributed by atoms with van der Waals surface area (Å²) in [6.07, 6.45) is 6.58. The van der Waals surface area contributed by atoms with Crippen LogP contribution in [0.1, 0.15) is 0 Å². The molecule has 1 unspecified atom stereocenters. The fraction of sp³-hybridized carbons (Fsp3) is 0.333. The second-order valence-corrected chi connectivity index (χ2v) is 2.52. The maximum Gasteiger partial charge on any atom is 0.108 e. The fourth-order valence-corrected chi connectivity index (χ4v) is 1.11. The summed E-state index contributed by atoms with van der Waals surface area (Å²) in [5.74, 6) is 0. The second-order valence-electron chi connectivity index (χ2n) is 2.52. The van der Waals surface area contributed by atoms with Gasteiger partial charge in [-0.05, 0) is 29.9 Å². The highest BCUT2D eigenvalue weighted by molar-refractivity contribution is 5.39. The lowest BCUT2D eigenvalue weighted by atomic mass is 10.0. The molecule has 0 spiro atoms. The van der Waals surface area contributed by atoms with Crippen LogP contribution in [-0.4, -0.2) is 19.9 Å². The Bertz CT molecular complexity index is 243. The Hall–Kier alpha value is -1.09. The molecule has 2 N–H and O–H groups in total. The summed E-state index contributed by atoms with van der Waals surface area (Å²) in [4.78, 5) is 0. The van der Waals surface area contributed by atoms with Gasteiger partial charge in [0.2, 0.25) is 0 Å². The largest absolute Gasteiger partial charge is 0.399 e. The molecule has 66 valence electrons. The van der Waals surface area contributed by atoms with Crippen LogP contribution in [0.4, 0.5) is 4.39 Å². The maximum absolute atomic E-state index is 12.0. The van der Waals surface area contributed by atoms with Crippen molar-refractivity contribution in [2.24, 2.45) is 5.73 Å². The van der Waals surface area contributed by atoms with Crippen molar-refractivity contribution in [1.29, 1.82) is 0 Å². The van der Waals surface area contributed by atoms with Gasteiger partial charge >= 0.3 is 0 Å². The minimum Gasteiger partial charge on any atom is -0.399 e. The lowest BCUT2D eigenvalue weighted by Crippen LogP contribution is -2.14. The van der Waals surface area contributed by atoms with Crippen LogP contribution in [-0.2, 0) is 4.74 Å². The highest BCUT2D eigenvalue weighted by atomic mass is 19.1. The van der Waals surface area contributed by atoms with Gasteiger partial charge in [-0.15, -0.1) is 0 Å². The van der Waals surface area contributed by atoms with Crippen LogP contribution in [0, 0.1) is 0 Å². The Morgan fingerprint density at radius 1 is 1.75 bits per heavy atom. The maximum atomic E-state index is 12.0. The molecule has 0 fully saturated rings. The molecule has 1 aliphatic rings. The summed E-state index contributed by atoms with van der Waals surface area (Å²) in [6, 6.07) is 0. The smallest absolute Gasteiger partial charge is 0.108 e. The van der Waals surface area contributed by atoms with E-state index in [1.165, 1.54) is 6.08 Å². The third-order valence-corrected chi connectivity index (χ3v) is 1.69. The van der Waals surface area contributed by atoms with Gasteiger partial charge in [0.05, 0.1) is 0 Å². The lowest BCUT2D eigenvalue weighted by Gasteiger charge is -2.16. The molecule has 1 atom stereocenters. The summed E-state index contributed by atoms with van der Waals surface area (Å²) in [6.45, 7) is -0.493. The minimum atomic E-state index is -0.493. The van der Waals surface area contributed by atoms with Gasteiger partial charge in [0, 0.05) is 12.8 Å². The van der Waals surface area contributed by atoms with E-state index in [2.05, 4.69) is 0 Å². The van der Waals surface area contributed by atoms with Gasteiger partial charge in [0.15, 0.2) is 0 Å². The van der Waals surface area contributed by atoms with E-state index in [1.807, 2.05) is 0 Å². The van der Waals surface area contributed by atoms with Crippen LogP contribution in [0.3, 0.4) is 0 Å². The van der Waals surface area contributed by atoms with Crippen molar-refractivity contribution in [2.75, 3.05) is 13.8 Å². The molecule has 0 aromatic carbocycles. The summed E-state index contributed by atoms with van der Waals surface area (Å²) in [5.41, 5.74) is 6.93. The number of halogens is 1. The highest BCUT2D eigenvalue weighted by Gasteiger charge is 2.11. The van der Waals surface area contributed by atoms with E-state index in [0.29, 0.717) is 5.70 Å². The Morgan fingerprint density at radius 3 is 3.08 bits per heavy atom. The summed E-state index contributed by atoms with van der Waals surface area (Å²) >= 11 is 0. The molecule has 0 aliphatic heterocycles. The van der Waals surface area contributed by atoms with Crippen LogP contribution >= 0.6 is 0 Å². The van der Waals surface area contributed by atoms with Crippen molar-refractivity contribution in [3.63, 3.8) is 0 Å². The number of alkyl halides is 1. The van der Waals surface area contributed by atoms with Crippen molar-refractivity contribution in [2.45, 2.75) is 6.10 Å². The number of allylic oxidation sites excluding steroid dienone is 2. The first-order valence-corrected chi connectivity index (χ1v) is 3.72. The van der Waals surface area contributed by atoms with Gasteiger partial charge in [-0.1, -0.05) is 0 Å². The zero-order chi connectivity index (χ0) is 8.97. The molecule has 0 saturated carbocycles. The van der Waals surface area contributed by atoms with Crippen LogP contribution in [0.25, 0.3) is 0 Å². The lowest BCUT2D eigenvalue weighted by molar-refractivity contribution is 0.170. The zero-order valence-electron chi connectivity index (χ0n) is 6.96. The fourth-order valence-electron chi connectivity index (χ4n) is 1.11. The van der Waals surface area contributed by atoms with Gasteiger partial charge in [0.1, 0.15) is 12.8 Å². The van der Waals surface area contributed by atoms with E-state index in [4.69, 9.17) is 10.5 Å². The molecule has 2 nitrogen and oxygen atoms in total. The zero-order valence-corrected chi connectivity index (χ0v) is 6.96. The van der Waals surface area contributed by atoms with Crippen molar-refractivity contribution in [3.05, 3.63) is 35.6 Å². The molecule has 1 rings (SSSR count). The molecule has 0 aromatic heterocycles. The molecular formula is C9H12FNO. The standard InChI is InChI=1S/C9H12FNO/c1-12-9-3-2-8(11)6-7(9)4-5-10/h2-4,6,9H,5,11H2,1H3. The molecule has 12 heavy (non-hydrogen) atoms. The van der Waals surface area contributed by atoms with Gasteiger partial charge in [-0.3, -0.25) is 0 Å². The molecule has 0 heterocycles. The number of methoxy groups -OCH3 is 1. The van der Waals surface area contributed by atoms with E-state index >= 15 is 0 Å². The van der Waals surface area contributed by atoms with Crippen molar-refractivity contribution in [1.82, 2.24) is 0 Å². The molecule has 0 saturated heterocycles. The monoisotopic (exact) mass is 169 g/mol. The van der Waals surface area contributed by atoms with E-state index < -0.39 is 6.67 Å². The Kier molecular flexibility index (Phi) is 3.05. The number of hydrogen-bond donors (Lipinski definition) is 1. The number of rotatable bonds is 2. The number of ether oxygens (including phenoxy) is 1. The minimum absolute atomic E-state index is 0.159. The Morgan fingerprint density at radius 2 is 2.50 bits per heavy atom. The predicted octanol–water partition coefficient (Wildman–Crippen LogP) is 1.31. The molecule has 0 radical (unpaired) electrons. The average molecular weight is 169 g/mol. The van der Waals surface area contributed by atoms with Gasteiger partial charge < -0.3 is 10.5 Å². The molecule has 3 heteroatoms. The van der Waals surface area contributed by atoms with Gasteiger partial charge in [0.25, 0.3) is 0 Å². The van der Waals surface area contributed by atoms with Crippen LogP contribution in [0.15, 0.2) is 35.6 Å². The third kappa shape index (κ3) is 1.95. The Balaban J connectivity index is 2.82. The quantitative estimate of drug-likeness (QED) is 0.676. The van der Waals surface area contributed by atoms with Crippen LogP contribution < -0.4 is 5.73 Å². The molecular weight excluding hydrogens is 157 g/mol. The SMILES string of the molecule is COC1C=CC(N)=CC1=CCF. The summed E-state index contributed by atoms with van der Waals surface area (Å²) < 4.78 is 17.1. The van der Waals surface area contributed by atoms with Crippen molar-refractivity contribution >= 4 is 0 Å². The number of nitrogens with two attached hydrogens (primary N) is 1. The topological polar surface area (TPSA) is 35.2 Å². The molecule has 0 bridgehead atoms. The predicted molar refractivity (Wildman–Crippen MR) is 46.3 cm³/mol. The summed E-state index contributed by atoms with van der Waals surface area (Å²) in [5, 5.41) is 0. The second kappa shape index (κ2) is 4.07. The highest BCUT2D eigenvalue weighted by Crippen LogP contribution is 2.16. The first-order chi connectivity index (χ1) is 5.77. The molecule has 0 aromatic rings. The van der Waals surface area contributed by atoms with Gasteiger partial charge in [-0.2, -0.15) is 0 Å². The van der Waals surface area contributed by atoms with Crippen molar-refractivity contribution in [3.8, 4) is 0 Å². The molecule has 1 aliphatic carbocycles. The first-order valence-electron chi connectivity index (χ1n) is 3.72.